The molecule has 1 atom stereocenters. The molecule has 2 amide bonds. The van der Waals surface area contributed by atoms with Crippen LogP contribution < -0.4 is 21.1 Å². The van der Waals surface area contributed by atoms with Crippen molar-refractivity contribution in [2.24, 2.45) is 5.73 Å². The predicted molar refractivity (Wildman–Crippen MR) is 144 cm³/mol. The summed E-state index contributed by atoms with van der Waals surface area (Å²) in [6.45, 7) is 1.06. The molecule has 4 rings (SSSR count). The summed E-state index contributed by atoms with van der Waals surface area (Å²) in [5.74, 6) is 0.241. The summed E-state index contributed by atoms with van der Waals surface area (Å²) in [5, 5.41) is 5.53. The highest BCUT2D eigenvalue weighted by Gasteiger charge is 2.24. The van der Waals surface area contributed by atoms with Gasteiger partial charge in [0, 0.05) is 12.7 Å². The Labute approximate surface area is 221 Å². The lowest BCUT2D eigenvalue weighted by Crippen LogP contribution is -2.40. The lowest BCUT2D eigenvalue weighted by Gasteiger charge is -2.19. The molecule has 4 aromatic rings. The third kappa shape index (κ3) is 7.91. The molecular formula is C30H30N4O4. The van der Waals surface area contributed by atoms with Crippen LogP contribution >= 0.6 is 0 Å². The summed E-state index contributed by atoms with van der Waals surface area (Å²) in [5.41, 5.74) is 9.75. The van der Waals surface area contributed by atoms with E-state index in [2.05, 4.69) is 15.6 Å². The molecule has 0 saturated carbocycles. The second kappa shape index (κ2) is 13.6. The molecule has 38 heavy (non-hydrogen) atoms. The van der Waals surface area contributed by atoms with Gasteiger partial charge in [0.05, 0.1) is 12.2 Å². The number of amides is 2. The van der Waals surface area contributed by atoms with Gasteiger partial charge in [0.15, 0.2) is 0 Å². The summed E-state index contributed by atoms with van der Waals surface area (Å²) >= 11 is 0. The number of carbonyl (C=O) groups excluding carboxylic acids is 2. The van der Waals surface area contributed by atoms with E-state index < -0.39 is 18.0 Å². The lowest BCUT2D eigenvalue weighted by molar-refractivity contribution is -0.123. The molecule has 1 aromatic heterocycles. The number of nitrogens with two attached hydrogens (primary N) is 1. The number of rotatable bonds is 11. The summed E-state index contributed by atoms with van der Waals surface area (Å²) in [7, 11) is 0. The maximum absolute atomic E-state index is 13.2. The fourth-order valence-corrected chi connectivity index (χ4v) is 3.71. The second-order valence-corrected chi connectivity index (χ2v) is 8.56. The molecule has 0 unspecified atom stereocenters. The van der Waals surface area contributed by atoms with E-state index in [1.54, 1.807) is 30.5 Å². The molecule has 0 aliphatic rings. The fraction of sp³-hybridized carbons (Fsp3) is 0.167. The third-order valence-corrected chi connectivity index (χ3v) is 5.76. The molecule has 4 N–H and O–H groups in total. The van der Waals surface area contributed by atoms with E-state index in [0.29, 0.717) is 30.2 Å². The van der Waals surface area contributed by atoms with E-state index >= 15 is 0 Å². The first-order chi connectivity index (χ1) is 18.6. The van der Waals surface area contributed by atoms with E-state index in [1.807, 2.05) is 72.8 Å². The zero-order valence-electron chi connectivity index (χ0n) is 20.9. The molecule has 0 spiro atoms. The van der Waals surface area contributed by atoms with Gasteiger partial charge in [-0.05, 0) is 46.5 Å². The highest BCUT2D eigenvalue weighted by Crippen LogP contribution is 2.20. The van der Waals surface area contributed by atoms with Crippen molar-refractivity contribution in [2.75, 3.05) is 0 Å². The minimum atomic E-state index is -0.987. The highest BCUT2D eigenvalue weighted by atomic mass is 16.5. The van der Waals surface area contributed by atoms with Crippen molar-refractivity contribution in [3.8, 4) is 5.75 Å². The molecular weight excluding hydrogens is 480 g/mol. The van der Waals surface area contributed by atoms with Gasteiger partial charge in [0.25, 0.3) is 0 Å². The van der Waals surface area contributed by atoms with Gasteiger partial charge in [-0.3, -0.25) is 9.78 Å². The van der Waals surface area contributed by atoms with Crippen molar-refractivity contribution in [3.63, 3.8) is 0 Å². The van der Waals surface area contributed by atoms with Gasteiger partial charge in [-0.1, -0.05) is 72.8 Å². The summed E-state index contributed by atoms with van der Waals surface area (Å²) in [6, 6.07) is 28.8. The average Bonchev–Trinajstić information content (AvgIpc) is 2.98. The molecule has 194 valence electrons. The molecule has 0 aliphatic carbocycles. The highest BCUT2D eigenvalue weighted by molar-refractivity contribution is 5.86. The van der Waals surface area contributed by atoms with E-state index in [0.717, 1.165) is 16.7 Å². The summed E-state index contributed by atoms with van der Waals surface area (Å²) in [6.07, 6.45) is 0.941. The number of ether oxygens (including phenoxy) is 2. The number of carbonyl (C=O) groups is 2. The molecule has 0 radical (unpaired) electrons. The standard InChI is InChI=1S/C30H30N4O4/c31-18-24-15-16-32-26(17-24)19-33-29(35)28(34-30(36)38-21-23-9-5-2-6-10-23)25-11-13-27(14-12-25)37-20-22-7-3-1-4-8-22/h1-17,28H,18-21,31H2,(H,33,35)(H,34,36)/t28-/m0/s1. The number of pyridine rings is 1. The molecule has 1 heterocycles. The SMILES string of the molecule is NCc1ccnc(CNC(=O)[C@@H](NC(=O)OCc2ccccc2)c2ccc(OCc3ccccc3)cc2)c1. The monoisotopic (exact) mass is 510 g/mol. The van der Waals surface area contributed by atoms with Crippen molar-refractivity contribution < 1.29 is 19.1 Å². The van der Waals surface area contributed by atoms with Crippen LogP contribution in [0.1, 0.15) is 34.0 Å². The number of nitrogens with one attached hydrogen (secondary N) is 2. The summed E-state index contributed by atoms with van der Waals surface area (Å²) in [4.78, 5) is 30.1. The maximum atomic E-state index is 13.2. The smallest absolute Gasteiger partial charge is 0.408 e. The van der Waals surface area contributed by atoms with Gasteiger partial charge in [-0.15, -0.1) is 0 Å². The van der Waals surface area contributed by atoms with Crippen molar-refractivity contribution in [3.05, 3.63) is 131 Å². The molecule has 0 bridgehead atoms. The van der Waals surface area contributed by atoms with Crippen LogP contribution in [0.25, 0.3) is 0 Å². The van der Waals surface area contributed by atoms with Gasteiger partial charge in [0.1, 0.15) is 25.0 Å². The van der Waals surface area contributed by atoms with Gasteiger partial charge in [-0.2, -0.15) is 0 Å². The van der Waals surface area contributed by atoms with Gasteiger partial charge < -0.3 is 25.8 Å². The van der Waals surface area contributed by atoms with Gasteiger partial charge >= 0.3 is 6.09 Å². The van der Waals surface area contributed by atoms with Crippen LogP contribution in [0.15, 0.2) is 103 Å². The molecule has 8 nitrogen and oxygen atoms in total. The van der Waals surface area contributed by atoms with Crippen LogP contribution in [0.4, 0.5) is 4.79 Å². The quantitative estimate of drug-likeness (QED) is 0.275. The topological polar surface area (TPSA) is 116 Å². The minimum absolute atomic E-state index is 0.0864. The zero-order chi connectivity index (χ0) is 26.6. The Bertz CT molecular complexity index is 1320. The fourth-order valence-electron chi connectivity index (χ4n) is 3.71. The zero-order valence-corrected chi connectivity index (χ0v) is 20.9. The largest absolute Gasteiger partial charge is 0.489 e. The van der Waals surface area contributed by atoms with E-state index in [1.165, 1.54) is 0 Å². The first-order valence-electron chi connectivity index (χ1n) is 12.3. The molecule has 0 saturated heterocycles. The first-order valence-corrected chi connectivity index (χ1v) is 12.3. The van der Waals surface area contributed by atoms with Crippen molar-refractivity contribution in [1.82, 2.24) is 15.6 Å². The molecule has 0 aliphatic heterocycles. The maximum Gasteiger partial charge on any atom is 0.408 e. The lowest BCUT2D eigenvalue weighted by atomic mass is 10.1. The Balaban J connectivity index is 1.43. The van der Waals surface area contributed by atoms with Gasteiger partial charge in [-0.25, -0.2) is 4.79 Å². The second-order valence-electron chi connectivity index (χ2n) is 8.56. The minimum Gasteiger partial charge on any atom is -0.489 e. The van der Waals surface area contributed by atoms with Crippen LogP contribution in [0.2, 0.25) is 0 Å². The number of nitrogens with zero attached hydrogens (tertiary/aromatic N) is 1. The van der Waals surface area contributed by atoms with Crippen LogP contribution in [-0.4, -0.2) is 17.0 Å². The van der Waals surface area contributed by atoms with Crippen LogP contribution in [-0.2, 0) is 35.8 Å². The third-order valence-electron chi connectivity index (χ3n) is 5.76. The Morgan fingerprint density at radius 2 is 1.47 bits per heavy atom. The molecule has 0 fully saturated rings. The van der Waals surface area contributed by atoms with Crippen molar-refractivity contribution in [1.29, 1.82) is 0 Å². The Kier molecular flexibility index (Phi) is 9.42. The predicted octanol–water partition coefficient (Wildman–Crippen LogP) is 4.40. The normalized spacial score (nSPS) is 11.3. The van der Waals surface area contributed by atoms with E-state index in [4.69, 9.17) is 15.2 Å². The van der Waals surface area contributed by atoms with Crippen molar-refractivity contribution >= 4 is 12.0 Å². The summed E-state index contributed by atoms with van der Waals surface area (Å²) < 4.78 is 11.2. The molecule has 8 heteroatoms. The van der Waals surface area contributed by atoms with E-state index in [-0.39, 0.29) is 13.2 Å². The Morgan fingerprint density at radius 1 is 0.816 bits per heavy atom. The van der Waals surface area contributed by atoms with E-state index in [9.17, 15) is 9.59 Å². The van der Waals surface area contributed by atoms with Crippen LogP contribution in [0.3, 0.4) is 0 Å². The first kappa shape index (κ1) is 26.4. The number of benzene rings is 3. The van der Waals surface area contributed by atoms with Crippen LogP contribution in [0, 0.1) is 0 Å². The number of hydrogen-bond acceptors (Lipinski definition) is 6. The number of hydrogen-bond donors (Lipinski definition) is 3. The van der Waals surface area contributed by atoms with Crippen molar-refractivity contribution in [2.45, 2.75) is 32.3 Å². The Morgan fingerprint density at radius 3 is 2.13 bits per heavy atom. The molecule has 3 aromatic carbocycles. The number of aromatic nitrogens is 1. The van der Waals surface area contributed by atoms with Crippen LogP contribution in [0.5, 0.6) is 5.75 Å². The number of alkyl carbamates (subject to hydrolysis) is 1. The van der Waals surface area contributed by atoms with Gasteiger partial charge in [0.2, 0.25) is 5.91 Å². The Hall–Kier alpha value is -4.69. The average molecular weight is 511 g/mol.